The zero-order valence-electron chi connectivity index (χ0n) is 13.9. The highest BCUT2D eigenvalue weighted by Gasteiger charge is 2.40. The molecule has 2 aromatic rings. The number of carbonyl (C=O) groups is 1. The molecular weight excluding hydrogens is 338 g/mol. The second-order valence-corrected chi connectivity index (χ2v) is 7.24. The summed E-state index contributed by atoms with van der Waals surface area (Å²) in [5.74, 6) is 0.367. The molecule has 132 valence electrons. The summed E-state index contributed by atoms with van der Waals surface area (Å²) in [6, 6.07) is 7.24. The smallest absolute Gasteiger partial charge is 0.262 e. The molecule has 7 heteroatoms. The number of carbonyl (C=O) groups excluding carboxylic acids is 1. The van der Waals surface area contributed by atoms with E-state index in [1.807, 2.05) is 18.2 Å². The van der Waals surface area contributed by atoms with Crippen molar-refractivity contribution >= 4 is 29.0 Å². The molecule has 0 saturated carbocycles. The molecular formula is C18H21N3O3S. The van der Waals surface area contributed by atoms with Gasteiger partial charge in [0, 0.05) is 25.4 Å². The van der Waals surface area contributed by atoms with Crippen molar-refractivity contribution in [2.24, 2.45) is 5.92 Å². The van der Waals surface area contributed by atoms with E-state index in [1.54, 1.807) is 6.07 Å². The standard InChI is InChI=1S/C18H21N3O3S/c22-16(19-10-11-9-12-5-6-15(11)24-12)7-8-21-17(23)13-3-1-2-4-14(13)20-18(21)25/h1-4,11-12,15H,5-10H2,(H,19,22)(H,20,25)/t11-,12-,15-/m1/s1. The quantitative estimate of drug-likeness (QED) is 0.802. The van der Waals surface area contributed by atoms with Crippen molar-refractivity contribution in [1.82, 2.24) is 14.9 Å². The fraction of sp³-hybridized carbons (Fsp3) is 0.500. The highest BCUT2D eigenvalue weighted by Crippen LogP contribution is 2.38. The van der Waals surface area contributed by atoms with E-state index in [1.165, 1.54) is 4.57 Å². The molecule has 2 fully saturated rings. The number of aromatic nitrogens is 2. The van der Waals surface area contributed by atoms with Crippen LogP contribution in [0.25, 0.3) is 10.9 Å². The molecule has 2 bridgehead atoms. The Morgan fingerprint density at radius 1 is 1.36 bits per heavy atom. The minimum atomic E-state index is -0.159. The van der Waals surface area contributed by atoms with E-state index in [-0.39, 0.29) is 24.4 Å². The maximum absolute atomic E-state index is 12.5. The number of H-pyrrole nitrogens is 1. The van der Waals surface area contributed by atoms with Gasteiger partial charge in [-0.2, -0.15) is 0 Å². The number of amides is 1. The van der Waals surface area contributed by atoms with Gasteiger partial charge in [-0.1, -0.05) is 12.1 Å². The van der Waals surface area contributed by atoms with E-state index >= 15 is 0 Å². The van der Waals surface area contributed by atoms with Crippen LogP contribution in [0.15, 0.2) is 29.1 Å². The fourth-order valence-corrected chi connectivity index (χ4v) is 4.19. The average molecular weight is 359 g/mol. The lowest BCUT2D eigenvalue weighted by molar-refractivity contribution is -0.121. The number of fused-ring (bicyclic) bond motifs is 3. The summed E-state index contributed by atoms with van der Waals surface area (Å²) in [5.41, 5.74) is 0.558. The van der Waals surface area contributed by atoms with Gasteiger partial charge in [0.25, 0.3) is 5.56 Å². The van der Waals surface area contributed by atoms with Crippen LogP contribution < -0.4 is 10.9 Å². The predicted molar refractivity (Wildman–Crippen MR) is 97.0 cm³/mol. The minimum absolute atomic E-state index is 0.0581. The molecule has 3 atom stereocenters. The first-order valence-electron chi connectivity index (χ1n) is 8.76. The van der Waals surface area contributed by atoms with Gasteiger partial charge in [-0.05, 0) is 43.6 Å². The molecule has 2 saturated heterocycles. The van der Waals surface area contributed by atoms with Crippen molar-refractivity contribution in [2.45, 2.75) is 44.4 Å². The van der Waals surface area contributed by atoms with Crippen LogP contribution in [0.5, 0.6) is 0 Å². The van der Waals surface area contributed by atoms with E-state index in [0.717, 1.165) is 24.8 Å². The van der Waals surface area contributed by atoms with Gasteiger partial charge in [-0.3, -0.25) is 14.2 Å². The summed E-state index contributed by atoms with van der Waals surface area (Å²) in [6.07, 6.45) is 4.23. The van der Waals surface area contributed by atoms with Gasteiger partial charge < -0.3 is 15.0 Å². The fourth-order valence-electron chi connectivity index (χ4n) is 3.91. The molecule has 2 aliphatic rings. The molecule has 0 aliphatic carbocycles. The zero-order chi connectivity index (χ0) is 17.4. The average Bonchev–Trinajstić information content (AvgIpc) is 3.23. The van der Waals surface area contributed by atoms with E-state index < -0.39 is 0 Å². The van der Waals surface area contributed by atoms with E-state index in [0.29, 0.717) is 34.8 Å². The van der Waals surface area contributed by atoms with Crippen molar-refractivity contribution in [2.75, 3.05) is 6.54 Å². The molecule has 2 aliphatic heterocycles. The number of hydrogen-bond acceptors (Lipinski definition) is 4. The van der Waals surface area contributed by atoms with E-state index in [9.17, 15) is 9.59 Å². The van der Waals surface area contributed by atoms with Crippen molar-refractivity contribution in [3.63, 3.8) is 0 Å². The zero-order valence-corrected chi connectivity index (χ0v) is 14.7. The third-order valence-corrected chi connectivity index (χ3v) is 5.57. The number of nitrogens with zero attached hydrogens (tertiary/aromatic N) is 1. The van der Waals surface area contributed by atoms with Crippen LogP contribution in [-0.2, 0) is 16.1 Å². The van der Waals surface area contributed by atoms with E-state index in [2.05, 4.69) is 10.3 Å². The van der Waals surface area contributed by atoms with Gasteiger partial charge >= 0.3 is 0 Å². The molecule has 2 N–H and O–H groups in total. The maximum atomic E-state index is 12.5. The number of aromatic amines is 1. The molecule has 4 rings (SSSR count). The summed E-state index contributed by atoms with van der Waals surface area (Å²) < 4.78 is 7.61. The molecule has 0 spiro atoms. The Kier molecular flexibility index (Phi) is 4.43. The second kappa shape index (κ2) is 6.72. The maximum Gasteiger partial charge on any atom is 0.262 e. The number of benzene rings is 1. The molecule has 1 aromatic heterocycles. The Hall–Kier alpha value is -1.99. The lowest BCUT2D eigenvalue weighted by atomic mass is 9.89. The van der Waals surface area contributed by atoms with Gasteiger partial charge in [0.1, 0.15) is 0 Å². The van der Waals surface area contributed by atoms with E-state index in [4.69, 9.17) is 17.0 Å². The van der Waals surface area contributed by atoms with Gasteiger partial charge in [0.05, 0.1) is 23.1 Å². The normalized spacial score (nSPS) is 24.7. The first-order valence-corrected chi connectivity index (χ1v) is 9.16. The Labute approximate surface area is 150 Å². The van der Waals surface area contributed by atoms with Crippen molar-refractivity contribution in [3.05, 3.63) is 39.4 Å². The number of hydrogen-bond donors (Lipinski definition) is 2. The Morgan fingerprint density at radius 2 is 2.20 bits per heavy atom. The first kappa shape index (κ1) is 16.5. The molecule has 0 unspecified atom stereocenters. The highest BCUT2D eigenvalue weighted by molar-refractivity contribution is 7.71. The first-order chi connectivity index (χ1) is 12.1. The molecule has 1 amide bonds. The van der Waals surface area contributed by atoms with Crippen LogP contribution >= 0.6 is 12.2 Å². The number of para-hydroxylation sites is 1. The molecule has 3 heterocycles. The molecule has 25 heavy (non-hydrogen) atoms. The third-order valence-electron chi connectivity index (χ3n) is 5.25. The van der Waals surface area contributed by atoms with Crippen LogP contribution in [0, 0.1) is 10.7 Å². The van der Waals surface area contributed by atoms with Crippen LogP contribution in [0.2, 0.25) is 0 Å². The predicted octanol–water partition coefficient (Wildman–Crippen LogP) is 2.13. The Bertz CT molecular complexity index is 920. The summed E-state index contributed by atoms with van der Waals surface area (Å²) in [7, 11) is 0. The summed E-state index contributed by atoms with van der Waals surface area (Å²) in [4.78, 5) is 27.7. The van der Waals surface area contributed by atoms with Crippen LogP contribution in [0.4, 0.5) is 0 Å². The van der Waals surface area contributed by atoms with Gasteiger partial charge in [0.2, 0.25) is 5.91 Å². The third kappa shape index (κ3) is 3.26. The minimum Gasteiger partial charge on any atom is -0.375 e. The molecule has 0 radical (unpaired) electrons. The van der Waals surface area contributed by atoms with Crippen molar-refractivity contribution in [1.29, 1.82) is 0 Å². The van der Waals surface area contributed by atoms with Crippen LogP contribution in [0.3, 0.4) is 0 Å². The summed E-state index contributed by atoms with van der Waals surface area (Å²) >= 11 is 5.27. The highest BCUT2D eigenvalue weighted by atomic mass is 32.1. The van der Waals surface area contributed by atoms with Crippen LogP contribution in [0.1, 0.15) is 25.7 Å². The lowest BCUT2D eigenvalue weighted by Gasteiger charge is -2.18. The number of rotatable bonds is 5. The Morgan fingerprint density at radius 3 is 2.96 bits per heavy atom. The lowest BCUT2D eigenvalue weighted by Crippen LogP contribution is -2.34. The number of nitrogens with one attached hydrogen (secondary N) is 2. The largest absolute Gasteiger partial charge is 0.375 e. The summed E-state index contributed by atoms with van der Waals surface area (Å²) in [5, 5.41) is 3.56. The van der Waals surface area contributed by atoms with Gasteiger partial charge in [0.15, 0.2) is 4.77 Å². The van der Waals surface area contributed by atoms with Crippen molar-refractivity contribution in [3.8, 4) is 0 Å². The monoisotopic (exact) mass is 359 g/mol. The van der Waals surface area contributed by atoms with Crippen molar-refractivity contribution < 1.29 is 9.53 Å². The van der Waals surface area contributed by atoms with Gasteiger partial charge in [-0.25, -0.2) is 0 Å². The summed E-state index contributed by atoms with van der Waals surface area (Å²) in [6.45, 7) is 0.928. The topological polar surface area (TPSA) is 76.1 Å². The molecule has 1 aromatic carbocycles. The SMILES string of the molecule is O=C(CCn1c(=S)[nH]c2ccccc2c1=O)NC[C@H]1C[C@H]2CC[C@H]1O2. The molecule has 6 nitrogen and oxygen atoms in total. The number of ether oxygens (including phenoxy) is 1. The second-order valence-electron chi connectivity index (χ2n) is 6.86. The Balaban J connectivity index is 1.38. The van der Waals surface area contributed by atoms with Crippen LogP contribution in [-0.4, -0.2) is 34.2 Å². The van der Waals surface area contributed by atoms with Gasteiger partial charge in [-0.15, -0.1) is 0 Å².